The molecule has 8 heteroatoms. The highest BCUT2D eigenvalue weighted by molar-refractivity contribution is 5.80. The molecular weight excluding hydrogens is 382 g/mol. The van der Waals surface area contributed by atoms with Crippen LogP contribution in [0.1, 0.15) is 57.9 Å². The van der Waals surface area contributed by atoms with E-state index in [1.54, 1.807) is 11.1 Å². The minimum atomic E-state index is -0.220. The molecule has 30 heavy (non-hydrogen) atoms. The highest BCUT2D eigenvalue weighted by atomic mass is 16.6. The van der Waals surface area contributed by atoms with Crippen LogP contribution in [-0.2, 0) is 11.3 Å². The van der Waals surface area contributed by atoms with E-state index in [-0.39, 0.29) is 18.2 Å². The number of carbonyl (C=O) groups excluding carboxylic acids is 1. The number of carbonyl (C=O) groups is 1. The van der Waals surface area contributed by atoms with Crippen molar-refractivity contribution in [2.24, 2.45) is 4.99 Å². The number of pyridine rings is 1. The maximum absolute atomic E-state index is 11.9. The number of aliphatic imine (C=N–C) groups is 1. The lowest BCUT2D eigenvalue weighted by molar-refractivity contribution is 0.0963. The lowest BCUT2D eigenvalue weighted by atomic mass is 10.1. The molecule has 1 aliphatic heterocycles. The molecule has 0 atom stereocenters. The van der Waals surface area contributed by atoms with Crippen molar-refractivity contribution in [3.8, 4) is 5.88 Å². The lowest BCUT2D eigenvalue weighted by Gasteiger charge is -2.32. The molecule has 0 unspecified atom stereocenters. The maximum Gasteiger partial charge on any atom is 0.409 e. The van der Waals surface area contributed by atoms with E-state index >= 15 is 0 Å². The van der Waals surface area contributed by atoms with Gasteiger partial charge in [0, 0.05) is 37.4 Å². The van der Waals surface area contributed by atoms with E-state index in [1.165, 1.54) is 12.8 Å². The van der Waals surface area contributed by atoms with Crippen molar-refractivity contribution in [1.82, 2.24) is 20.5 Å². The standard InChI is InChI=1S/C22H35N5O3/c1-3-23-21(26-18-11-14-27(15-12-18)22(28)29-4-2)25-16-17-8-7-13-24-20(17)30-19-9-5-6-10-19/h7-8,13,18-19H,3-6,9-12,14-16H2,1-2H3,(H2,23,25,26). The number of nitrogens with one attached hydrogen (secondary N) is 2. The predicted octanol–water partition coefficient (Wildman–Crippen LogP) is 3.08. The molecule has 1 saturated heterocycles. The first-order valence-electron chi connectivity index (χ1n) is 11.3. The largest absolute Gasteiger partial charge is 0.474 e. The van der Waals surface area contributed by atoms with E-state index in [0.717, 1.165) is 43.8 Å². The second-order valence-electron chi connectivity index (χ2n) is 7.79. The number of hydrogen-bond acceptors (Lipinski definition) is 5. The summed E-state index contributed by atoms with van der Waals surface area (Å²) in [5.74, 6) is 1.48. The van der Waals surface area contributed by atoms with E-state index in [2.05, 4.69) is 22.5 Å². The van der Waals surface area contributed by atoms with Gasteiger partial charge >= 0.3 is 6.09 Å². The molecule has 166 valence electrons. The summed E-state index contributed by atoms with van der Waals surface area (Å²) in [7, 11) is 0. The number of amides is 1. The minimum Gasteiger partial charge on any atom is -0.474 e. The van der Waals surface area contributed by atoms with Gasteiger partial charge in [0.25, 0.3) is 0 Å². The molecule has 1 aromatic heterocycles. The number of guanidine groups is 1. The van der Waals surface area contributed by atoms with Gasteiger partial charge in [-0.15, -0.1) is 0 Å². The SMILES string of the molecule is CCNC(=NCc1cccnc1OC1CCCC1)NC1CCN(C(=O)OCC)CC1. The molecule has 0 bridgehead atoms. The second-order valence-corrected chi connectivity index (χ2v) is 7.79. The van der Waals surface area contributed by atoms with Crippen LogP contribution >= 0.6 is 0 Å². The lowest BCUT2D eigenvalue weighted by Crippen LogP contribution is -2.49. The summed E-state index contributed by atoms with van der Waals surface area (Å²) in [6.07, 6.45) is 8.24. The minimum absolute atomic E-state index is 0.220. The van der Waals surface area contributed by atoms with Gasteiger partial charge in [-0.3, -0.25) is 0 Å². The van der Waals surface area contributed by atoms with E-state index in [9.17, 15) is 4.79 Å². The van der Waals surface area contributed by atoms with Gasteiger partial charge in [-0.25, -0.2) is 14.8 Å². The van der Waals surface area contributed by atoms with Gasteiger partial charge in [0.15, 0.2) is 5.96 Å². The summed E-state index contributed by atoms with van der Waals surface area (Å²) in [5, 5.41) is 6.83. The fourth-order valence-corrected chi connectivity index (χ4v) is 3.91. The van der Waals surface area contributed by atoms with Crippen LogP contribution in [0, 0.1) is 0 Å². The summed E-state index contributed by atoms with van der Waals surface area (Å²) in [6.45, 7) is 6.97. The fourth-order valence-electron chi connectivity index (χ4n) is 3.91. The smallest absolute Gasteiger partial charge is 0.409 e. The third-order valence-electron chi connectivity index (χ3n) is 5.54. The highest BCUT2D eigenvalue weighted by Crippen LogP contribution is 2.25. The quantitative estimate of drug-likeness (QED) is 0.524. The van der Waals surface area contributed by atoms with Crippen LogP contribution in [-0.4, -0.2) is 60.3 Å². The number of likely N-dealkylation sites (tertiary alicyclic amines) is 1. The van der Waals surface area contributed by atoms with Crippen LogP contribution in [0.4, 0.5) is 4.79 Å². The van der Waals surface area contributed by atoms with Crippen molar-refractivity contribution in [3.05, 3.63) is 23.9 Å². The third kappa shape index (κ3) is 6.50. The molecule has 2 aliphatic rings. The van der Waals surface area contributed by atoms with Gasteiger partial charge in [-0.2, -0.15) is 0 Å². The van der Waals surface area contributed by atoms with Crippen molar-refractivity contribution in [2.45, 2.75) is 71.1 Å². The monoisotopic (exact) mass is 417 g/mol. The van der Waals surface area contributed by atoms with Gasteiger partial charge in [0.05, 0.1) is 13.2 Å². The molecule has 1 aliphatic carbocycles. The number of nitrogens with zero attached hydrogens (tertiary/aromatic N) is 3. The molecule has 2 N–H and O–H groups in total. The Balaban J connectivity index is 1.56. The summed E-state index contributed by atoms with van der Waals surface area (Å²) >= 11 is 0. The topological polar surface area (TPSA) is 88.1 Å². The van der Waals surface area contributed by atoms with E-state index in [0.29, 0.717) is 32.1 Å². The maximum atomic E-state index is 11.9. The van der Waals surface area contributed by atoms with E-state index in [4.69, 9.17) is 14.5 Å². The van der Waals surface area contributed by atoms with Crippen LogP contribution in [0.3, 0.4) is 0 Å². The van der Waals surface area contributed by atoms with Crippen molar-refractivity contribution >= 4 is 12.1 Å². The van der Waals surface area contributed by atoms with Crippen LogP contribution in [0.15, 0.2) is 23.3 Å². The summed E-state index contributed by atoms with van der Waals surface area (Å²) in [5.41, 5.74) is 0.999. The van der Waals surface area contributed by atoms with Crippen molar-refractivity contribution in [2.75, 3.05) is 26.2 Å². The first-order valence-corrected chi connectivity index (χ1v) is 11.3. The Morgan fingerprint density at radius 3 is 2.70 bits per heavy atom. The molecule has 1 aromatic rings. The Hall–Kier alpha value is -2.51. The Morgan fingerprint density at radius 2 is 2.00 bits per heavy atom. The van der Waals surface area contributed by atoms with Gasteiger partial charge < -0.3 is 25.0 Å². The van der Waals surface area contributed by atoms with Crippen LogP contribution in [0.2, 0.25) is 0 Å². The Kier molecular flexibility index (Phi) is 8.59. The van der Waals surface area contributed by atoms with Crippen LogP contribution in [0.5, 0.6) is 5.88 Å². The Labute approximate surface area is 179 Å². The molecule has 2 fully saturated rings. The Bertz CT molecular complexity index is 698. The molecule has 8 nitrogen and oxygen atoms in total. The van der Waals surface area contributed by atoms with E-state index < -0.39 is 0 Å². The molecule has 3 rings (SSSR count). The molecule has 2 heterocycles. The summed E-state index contributed by atoms with van der Waals surface area (Å²) in [6, 6.07) is 4.23. The average Bonchev–Trinajstić information content (AvgIpc) is 3.27. The molecule has 1 amide bonds. The number of aromatic nitrogens is 1. The Morgan fingerprint density at radius 1 is 1.23 bits per heavy atom. The number of hydrogen-bond donors (Lipinski definition) is 2. The average molecular weight is 418 g/mol. The van der Waals surface area contributed by atoms with Crippen molar-refractivity contribution < 1.29 is 14.3 Å². The summed E-state index contributed by atoms with van der Waals surface area (Å²) in [4.78, 5) is 22.9. The van der Waals surface area contributed by atoms with Gasteiger partial charge in [0.1, 0.15) is 6.10 Å². The first-order chi connectivity index (χ1) is 14.7. The molecule has 0 aromatic carbocycles. The van der Waals surface area contributed by atoms with Gasteiger partial charge in [0.2, 0.25) is 5.88 Å². The molecule has 0 spiro atoms. The molecule has 1 saturated carbocycles. The first kappa shape index (κ1) is 22.2. The second kappa shape index (κ2) is 11.6. The molecule has 0 radical (unpaired) electrons. The van der Waals surface area contributed by atoms with Gasteiger partial charge in [-0.05, 0) is 58.4 Å². The predicted molar refractivity (Wildman–Crippen MR) is 117 cm³/mol. The normalized spacial score (nSPS) is 18.3. The zero-order chi connectivity index (χ0) is 21.2. The summed E-state index contributed by atoms with van der Waals surface area (Å²) < 4.78 is 11.2. The number of ether oxygens (including phenoxy) is 2. The third-order valence-corrected chi connectivity index (χ3v) is 5.54. The highest BCUT2D eigenvalue weighted by Gasteiger charge is 2.24. The fraction of sp³-hybridized carbons (Fsp3) is 0.682. The van der Waals surface area contributed by atoms with Crippen molar-refractivity contribution in [3.63, 3.8) is 0 Å². The van der Waals surface area contributed by atoms with Crippen LogP contribution in [0.25, 0.3) is 0 Å². The van der Waals surface area contributed by atoms with Gasteiger partial charge in [-0.1, -0.05) is 6.07 Å². The zero-order valence-electron chi connectivity index (χ0n) is 18.2. The molecular formula is C22H35N5O3. The number of rotatable bonds is 7. The number of piperidine rings is 1. The van der Waals surface area contributed by atoms with Crippen molar-refractivity contribution in [1.29, 1.82) is 0 Å². The van der Waals surface area contributed by atoms with Crippen LogP contribution < -0.4 is 15.4 Å². The zero-order valence-corrected chi connectivity index (χ0v) is 18.2. The van der Waals surface area contributed by atoms with E-state index in [1.807, 2.05) is 19.1 Å².